The molecule has 1 atom stereocenters. The normalized spacial score (nSPS) is 18.8. The Hall–Kier alpha value is -1.40. The molecule has 4 rings (SSSR count). The van der Waals surface area contributed by atoms with Gasteiger partial charge >= 0.3 is 140 Å². The monoisotopic (exact) mass is 349 g/mol. The van der Waals surface area contributed by atoms with Gasteiger partial charge in [-0.3, -0.25) is 0 Å². The molecule has 0 spiro atoms. The average molecular weight is 351 g/mol. The molecule has 0 amide bonds. The molecule has 0 aliphatic heterocycles. The molecule has 0 N–H and O–H groups in total. The first-order valence-electron chi connectivity index (χ1n) is 7.18. The Morgan fingerprint density at radius 2 is 1.86 bits per heavy atom. The number of methoxy groups -OCH3 is 1. The molecule has 21 heavy (non-hydrogen) atoms. The van der Waals surface area contributed by atoms with Crippen molar-refractivity contribution < 1.29 is 29.5 Å². The van der Waals surface area contributed by atoms with Crippen molar-refractivity contribution >= 4 is 0 Å². The fraction of sp³-hybridized carbons (Fsp3) is 0.158. The van der Waals surface area contributed by atoms with Crippen LogP contribution < -0.4 is 4.74 Å². The number of rotatable bonds is 2. The predicted molar refractivity (Wildman–Crippen MR) is 81.1 cm³/mol. The summed E-state index contributed by atoms with van der Waals surface area (Å²) in [4.78, 5) is 0. The summed E-state index contributed by atoms with van der Waals surface area (Å²) in [7, 11) is 1.73. The summed E-state index contributed by atoms with van der Waals surface area (Å²) in [5.41, 5.74) is 7.03. The molecule has 2 heteroatoms. The van der Waals surface area contributed by atoms with E-state index >= 15 is 0 Å². The van der Waals surface area contributed by atoms with Gasteiger partial charge in [0.15, 0.2) is 0 Å². The van der Waals surface area contributed by atoms with Crippen LogP contribution in [0, 0.1) is 0 Å². The van der Waals surface area contributed by atoms with Crippen molar-refractivity contribution in [1.29, 1.82) is 0 Å². The first-order chi connectivity index (χ1) is 10.3. The Kier molecular flexibility index (Phi) is 3.23. The topological polar surface area (TPSA) is 9.23 Å². The van der Waals surface area contributed by atoms with Gasteiger partial charge in [0.2, 0.25) is 0 Å². The standard InChI is InChI=1S/C19H15O.Zr/c1-20-14-10-11-17-18(12-14)15-8-4-5-9-16(15)19(17)13-6-2-3-7-13;/h2,4-6,8-12,19H,3H2,1H3;. The number of fused-ring (bicyclic) bond motifs is 3. The van der Waals surface area contributed by atoms with Crippen LogP contribution in [-0.4, -0.2) is 7.11 Å². The molecule has 0 heterocycles. The fourth-order valence-corrected chi connectivity index (χ4v) is 4.29. The van der Waals surface area contributed by atoms with Gasteiger partial charge in [0, 0.05) is 0 Å². The van der Waals surface area contributed by atoms with Crippen LogP contribution in [0.1, 0.15) is 23.5 Å². The zero-order valence-corrected chi connectivity index (χ0v) is 14.3. The summed E-state index contributed by atoms with van der Waals surface area (Å²) in [6.07, 6.45) is 5.74. The Morgan fingerprint density at radius 3 is 2.62 bits per heavy atom. The van der Waals surface area contributed by atoms with E-state index in [4.69, 9.17) is 4.74 Å². The average Bonchev–Trinajstić information content (AvgIpc) is 3.07. The molecule has 2 aromatic carbocycles. The van der Waals surface area contributed by atoms with E-state index in [1.165, 1.54) is 52.5 Å². The maximum atomic E-state index is 5.41. The number of ether oxygens (including phenoxy) is 1. The molecule has 2 aromatic rings. The van der Waals surface area contributed by atoms with E-state index < -0.39 is 0 Å². The van der Waals surface area contributed by atoms with Crippen LogP contribution in [0.15, 0.2) is 63.5 Å². The van der Waals surface area contributed by atoms with Gasteiger partial charge in [-0.15, -0.1) is 0 Å². The van der Waals surface area contributed by atoms with Crippen molar-refractivity contribution in [3.63, 3.8) is 0 Å². The van der Waals surface area contributed by atoms with Gasteiger partial charge in [0.25, 0.3) is 0 Å². The van der Waals surface area contributed by atoms with E-state index in [1.807, 2.05) is 0 Å². The number of benzene rings is 2. The summed E-state index contributed by atoms with van der Waals surface area (Å²) >= 11 is 1.53. The second-order valence-corrected chi connectivity index (χ2v) is 7.00. The van der Waals surface area contributed by atoms with Gasteiger partial charge in [0.1, 0.15) is 0 Å². The molecule has 1 nitrogen and oxygen atoms in total. The van der Waals surface area contributed by atoms with Crippen LogP contribution in [-0.2, 0) is 24.7 Å². The summed E-state index contributed by atoms with van der Waals surface area (Å²) in [5, 5.41) is 0. The Balaban J connectivity index is 1.98. The molecule has 101 valence electrons. The number of hydrogen-bond donors (Lipinski definition) is 0. The van der Waals surface area contributed by atoms with Gasteiger partial charge in [-0.25, -0.2) is 0 Å². The predicted octanol–water partition coefficient (Wildman–Crippen LogP) is 4.57. The van der Waals surface area contributed by atoms with E-state index in [0.29, 0.717) is 5.92 Å². The third kappa shape index (κ3) is 2.00. The third-order valence-electron chi connectivity index (χ3n) is 4.41. The Labute approximate surface area is 140 Å². The number of hydrogen-bond acceptors (Lipinski definition) is 1. The van der Waals surface area contributed by atoms with E-state index in [2.05, 4.69) is 54.6 Å². The van der Waals surface area contributed by atoms with Crippen molar-refractivity contribution in [3.8, 4) is 16.9 Å². The summed E-state index contributed by atoms with van der Waals surface area (Å²) in [6.45, 7) is 0. The van der Waals surface area contributed by atoms with Crippen LogP contribution in [0.4, 0.5) is 0 Å². The second-order valence-electron chi connectivity index (χ2n) is 5.51. The van der Waals surface area contributed by atoms with Gasteiger partial charge in [-0.1, -0.05) is 0 Å². The van der Waals surface area contributed by atoms with E-state index in [-0.39, 0.29) is 0 Å². The van der Waals surface area contributed by atoms with Crippen molar-refractivity contribution in [2.45, 2.75) is 12.3 Å². The maximum absolute atomic E-state index is 5.41. The van der Waals surface area contributed by atoms with E-state index in [1.54, 1.807) is 10.4 Å². The minimum absolute atomic E-state index is 0.398. The van der Waals surface area contributed by atoms with Gasteiger partial charge in [-0.2, -0.15) is 0 Å². The van der Waals surface area contributed by atoms with Crippen LogP contribution in [0.25, 0.3) is 11.1 Å². The minimum atomic E-state index is 0.398. The molecule has 0 fully saturated rings. The molecule has 2 aliphatic carbocycles. The van der Waals surface area contributed by atoms with Crippen LogP contribution in [0.3, 0.4) is 0 Å². The van der Waals surface area contributed by atoms with E-state index in [9.17, 15) is 0 Å². The van der Waals surface area contributed by atoms with Crippen molar-refractivity contribution in [1.82, 2.24) is 0 Å². The first-order valence-corrected chi connectivity index (χ1v) is 8.41. The van der Waals surface area contributed by atoms with Gasteiger partial charge in [-0.05, 0) is 0 Å². The Bertz CT molecular complexity index is 786. The molecular formula is C19H15OZr. The summed E-state index contributed by atoms with van der Waals surface area (Å²) < 4.78 is 6.99. The van der Waals surface area contributed by atoms with Crippen molar-refractivity contribution in [3.05, 3.63) is 74.6 Å². The third-order valence-corrected chi connectivity index (χ3v) is 5.62. The van der Waals surface area contributed by atoms with Crippen LogP contribution in [0.5, 0.6) is 5.75 Å². The summed E-state index contributed by atoms with van der Waals surface area (Å²) in [5.74, 6) is 1.33. The molecule has 0 bridgehead atoms. The molecular weight excluding hydrogens is 335 g/mol. The second kappa shape index (κ2) is 5.11. The molecule has 0 saturated heterocycles. The fourth-order valence-electron chi connectivity index (χ4n) is 3.44. The summed E-state index contributed by atoms with van der Waals surface area (Å²) in [6, 6.07) is 15.3. The molecule has 0 aromatic heterocycles. The van der Waals surface area contributed by atoms with Gasteiger partial charge in [0.05, 0.1) is 0 Å². The van der Waals surface area contributed by atoms with Crippen molar-refractivity contribution in [2.75, 3.05) is 7.11 Å². The SMILES string of the molecule is COc1ccc2c(c1)-c1ccccc1C2C1=[C]([Zr])CC=C1. The Morgan fingerprint density at radius 1 is 1.05 bits per heavy atom. The van der Waals surface area contributed by atoms with Crippen LogP contribution in [0.2, 0.25) is 0 Å². The molecule has 1 unspecified atom stereocenters. The quantitative estimate of drug-likeness (QED) is 0.771. The van der Waals surface area contributed by atoms with Crippen molar-refractivity contribution in [2.24, 2.45) is 0 Å². The number of allylic oxidation sites excluding steroid dienone is 4. The van der Waals surface area contributed by atoms with Crippen LogP contribution >= 0.6 is 0 Å². The first kappa shape index (κ1) is 13.3. The molecule has 0 saturated carbocycles. The molecule has 0 radical (unpaired) electrons. The zero-order chi connectivity index (χ0) is 14.4. The zero-order valence-electron chi connectivity index (χ0n) is 11.9. The van der Waals surface area contributed by atoms with E-state index in [0.717, 1.165) is 12.2 Å². The van der Waals surface area contributed by atoms with Gasteiger partial charge < -0.3 is 0 Å². The molecule has 2 aliphatic rings.